The Labute approximate surface area is 202 Å². The predicted molar refractivity (Wildman–Crippen MR) is 127 cm³/mol. The van der Waals surface area contributed by atoms with Crippen molar-refractivity contribution in [1.29, 1.82) is 0 Å². The summed E-state index contributed by atoms with van der Waals surface area (Å²) in [4.78, 5) is 30.0. The van der Waals surface area contributed by atoms with Crippen molar-refractivity contribution in [3.8, 4) is 0 Å². The lowest BCUT2D eigenvalue weighted by molar-refractivity contribution is -0.122. The van der Waals surface area contributed by atoms with Gasteiger partial charge in [0.05, 0.1) is 28.8 Å². The van der Waals surface area contributed by atoms with Crippen LogP contribution in [0.3, 0.4) is 0 Å². The maximum Gasteiger partial charge on any atom is 0.297 e. The second kappa shape index (κ2) is 8.90. The molecule has 0 unspecified atom stereocenters. The van der Waals surface area contributed by atoms with Gasteiger partial charge in [0.2, 0.25) is 5.91 Å². The van der Waals surface area contributed by atoms with E-state index in [0.29, 0.717) is 16.8 Å². The summed E-state index contributed by atoms with van der Waals surface area (Å²) in [6.07, 6.45) is -0.819. The van der Waals surface area contributed by atoms with Gasteiger partial charge in [-0.25, -0.2) is 4.39 Å². The van der Waals surface area contributed by atoms with Gasteiger partial charge in [-0.05, 0) is 48.9 Å². The Morgan fingerprint density at radius 3 is 2.37 bits per heavy atom. The first-order chi connectivity index (χ1) is 16.7. The van der Waals surface area contributed by atoms with E-state index in [-0.39, 0.29) is 42.0 Å². The number of rotatable bonds is 5. The first-order valence-corrected chi connectivity index (χ1v) is 12.6. The molecule has 0 saturated carbocycles. The van der Waals surface area contributed by atoms with E-state index in [2.05, 4.69) is 0 Å². The monoisotopic (exact) mass is 494 g/mol. The fourth-order valence-corrected chi connectivity index (χ4v) is 5.62. The zero-order valence-electron chi connectivity index (χ0n) is 18.9. The normalized spacial score (nSPS) is 19.9. The summed E-state index contributed by atoms with van der Waals surface area (Å²) in [5.41, 5.74) is 2.41. The molecule has 0 bridgehead atoms. The topological polar surface area (TPSA) is 84.0 Å². The van der Waals surface area contributed by atoms with Crippen molar-refractivity contribution in [2.75, 3.05) is 11.4 Å². The lowest BCUT2D eigenvalue weighted by Crippen LogP contribution is -2.44. The molecule has 0 aliphatic carbocycles. The SMILES string of the molecule is Cc1ccc(S(=O)(=O)O[C@@H]2C[C@H]3C(=O)N(Cc4ccc(F)cc4)c4ccccc4C(=O)N3C2)cc1. The standard InChI is InChI=1S/C26H23FN2O5S/c1-17-6-12-21(13-7-17)35(32,33)34-20-14-24-26(31)28(15-18-8-10-19(27)11-9-18)23-5-3-2-4-22(23)25(30)29(24)16-20/h2-13,20,24H,14-16H2,1H3/t20-,24+/m1/s1. The first-order valence-electron chi connectivity index (χ1n) is 11.2. The molecule has 180 valence electrons. The molecule has 2 aliphatic rings. The summed E-state index contributed by atoms with van der Waals surface area (Å²) in [5.74, 6) is -1.09. The van der Waals surface area contributed by atoms with E-state index in [9.17, 15) is 22.4 Å². The second-order valence-corrected chi connectivity index (χ2v) is 10.3. The molecule has 0 aromatic heterocycles. The molecule has 3 aromatic carbocycles. The van der Waals surface area contributed by atoms with Crippen molar-refractivity contribution in [2.45, 2.75) is 36.9 Å². The van der Waals surface area contributed by atoms with Crippen LogP contribution in [-0.2, 0) is 25.6 Å². The number of carbonyl (C=O) groups excluding carboxylic acids is 2. The van der Waals surface area contributed by atoms with Crippen LogP contribution in [0, 0.1) is 12.7 Å². The Balaban J connectivity index is 1.45. The van der Waals surface area contributed by atoms with Gasteiger partial charge in [-0.1, -0.05) is 42.0 Å². The molecule has 0 radical (unpaired) electrons. The number of amides is 2. The highest BCUT2D eigenvalue weighted by Crippen LogP contribution is 2.35. The van der Waals surface area contributed by atoms with Crippen LogP contribution < -0.4 is 4.90 Å². The van der Waals surface area contributed by atoms with E-state index in [0.717, 1.165) is 5.56 Å². The molecule has 9 heteroatoms. The highest BCUT2D eigenvalue weighted by atomic mass is 32.2. The van der Waals surface area contributed by atoms with Crippen LogP contribution in [0.5, 0.6) is 0 Å². The molecule has 7 nitrogen and oxygen atoms in total. The molecule has 2 atom stereocenters. The number of benzene rings is 3. The Hall–Kier alpha value is -3.56. The zero-order valence-corrected chi connectivity index (χ0v) is 19.7. The van der Waals surface area contributed by atoms with E-state index in [1.54, 1.807) is 48.5 Å². The van der Waals surface area contributed by atoms with E-state index >= 15 is 0 Å². The highest BCUT2D eigenvalue weighted by Gasteiger charge is 2.47. The molecule has 0 spiro atoms. The fourth-order valence-electron chi connectivity index (χ4n) is 4.54. The van der Waals surface area contributed by atoms with Gasteiger partial charge >= 0.3 is 0 Å². The van der Waals surface area contributed by atoms with Gasteiger partial charge < -0.3 is 9.80 Å². The van der Waals surface area contributed by atoms with Crippen molar-refractivity contribution in [3.63, 3.8) is 0 Å². The number of anilines is 1. The number of hydrogen-bond acceptors (Lipinski definition) is 5. The van der Waals surface area contributed by atoms with E-state index in [4.69, 9.17) is 4.18 Å². The Morgan fingerprint density at radius 2 is 1.66 bits per heavy atom. The summed E-state index contributed by atoms with van der Waals surface area (Å²) >= 11 is 0. The second-order valence-electron chi connectivity index (χ2n) is 8.76. The largest absolute Gasteiger partial charge is 0.324 e. The van der Waals surface area contributed by atoms with Crippen LogP contribution >= 0.6 is 0 Å². The lowest BCUT2D eigenvalue weighted by atomic mass is 10.1. The molecule has 3 aromatic rings. The maximum absolute atomic E-state index is 13.7. The molecule has 0 N–H and O–H groups in total. The van der Waals surface area contributed by atoms with Crippen LogP contribution in [0.2, 0.25) is 0 Å². The minimum absolute atomic E-state index is 0.0196. The zero-order chi connectivity index (χ0) is 24.7. The van der Waals surface area contributed by atoms with Crippen molar-refractivity contribution in [1.82, 2.24) is 4.90 Å². The van der Waals surface area contributed by atoms with Gasteiger partial charge in [-0.3, -0.25) is 13.8 Å². The average Bonchev–Trinajstić information content (AvgIpc) is 3.23. The molecular formula is C26H23FN2O5S. The number of nitrogens with zero attached hydrogens (tertiary/aromatic N) is 2. The molecule has 2 heterocycles. The summed E-state index contributed by atoms with van der Waals surface area (Å²) < 4.78 is 44.5. The van der Waals surface area contributed by atoms with Crippen molar-refractivity contribution >= 4 is 27.6 Å². The first kappa shape index (κ1) is 23.2. The number of carbonyl (C=O) groups is 2. The van der Waals surface area contributed by atoms with Crippen LogP contribution in [0.4, 0.5) is 10.1 Å². The van der Waals surface area contributed by atoms with Crippen LogP contribution in [-0.4, -0.2) is 43.8 Å². The third-order valence-electron chi connectivity index (χ3n) is 6.33. The van der Waals surface area contributed by atoms with Gasteiger partial charge in [0.25, 0.3) is 16.0 Å². The smallest absolute Gasteiger partial charge is 0.297 e. The van der Waals surface area contributed by atoms with E-state index in [1.165, 1.54) is 34.1 Å². The van der Waals surface area contributed by atoms with E-state index < -0.39 is 22.3 Å². The number of aryl methyl sites for hydroxylation is 1. The Bertz CT molecular complexity index is 1390. The molecule has 5 rings (SSSR count). The van der Waals surface area contributed by atoms with Crippen molar-refractivity contribution in [2.24, 2.45) is 0 Å². The summed E-state index contributed by atoms with van der Waals surface area (Å²) in [7, 11) is -4.07. The minimum atomic E-state index is -4.07. The van der Waals surface area contributed by atoms with Crippen molar-refractivity contribution in [3.05, 3.63) is 95.3 Å². The Morgan fingerprint density at radius 1 is 0.971 bits per heavy atom. The minimum Gasteiger partial charge on any atom is -0.324 e. The number of fused-ring (bicyclic) bond motifs is 2. The molecule has 2 aliphatic heterocycles. The summed E-state index contributed by atoms with van der Waals surface area (Å²) in [6, 6.07) is 18.0. The number of halogens is 1. The van der Waals surface area contributed by atoms with Gasteiger partial charge in [0.15, 0.2) is 0 Å². The highest BCUT2D eigenvalue weighted by molar-refractivity contribution is 7.86. The lowest BCUT2D eigenvalue weighted by Gasteiger charge is -2.26. The molecular weight excluding hydrogens is 471 g/mol. The van der Waals surface area contributed by atoms with Gasteiger partial charge in [-0.2, -0.15) is 8.42 Å². The number of hydrogen-bond donors (Lipinski definition) is 0. The molecule has 1 saturated heterocycles. The van der Waals surface area contributed by atoms with Crippen LogP contribution in [0.25, 0.3) is 0 Å². The van der Waals surface area contributed by atoms with Gasteiger partial charge in [0.1, 0.15) is 11.9 Å². The van der Waals surface area contributed by atoms with Gasteiger partial charge in [0, 0.05) is 13.0 Å². The summed E-state index contributed by atoms with van der Waals surface area (Å²) in [5, 5.41) is 0. The Kier molecular flexibility index (Phi) is 5.90. The number of para-hydroxylation sites is 1. The molecule has 35 heavy (non-hydrogen) atoms. The average molecular weight is 495 g/mol. The maximum atomic E-state index is 13.7. The summed E-state index contributed by atoms with van der Waals surface area (Å²) in [6.45, 7) is 1.96. The molecule has 1 fully saturated rings. The van der Waals surface area contributed by atoms with Crippen LogP contribution in [0.1, 0.15) is 27.9 Å². The quantitative estimate of drug-likeness (QED) is 0.506. The molecule has 2 amide bonds. The van der Waals surface area contributed by atoms with Crippen molar-refractivity contribution < 1.29 is 26.6 Å². The van der Waals surface area contributed by atoms with Gasteiger partial charge in [-0.15, -0.1) is 0 Å². The predicted octanol–water partition coefficient (Wildman–Crippen LogP) is 3.67. The van der Waals surface area contributed by atoms with Crippen LogP contribution in [0.15, 0.2) is 77.7 Å². The van der Waals surface area contributed by atoms with E-state index in [1.807, 2.05) is 6.92 Å². The third-order valence-corrected chi connectivity index (χ3v) is 7.70. The fraction of sp³-hybridized carbons (Fsp3) is 0.231. The third kappa shape index (κ3) is 4.44.